The first-order chi connectivity index (χ1) is 4.34. The molecule has 2 atom stereocenters. The molecule has 9 heavy (non-hydrogen) atoms. The van der Waals surface area contributed by atoms with Gasteiger partial charge in [0.05, 0.1) is 12.0 Å². The molecule has 0 N–H and O–H groups in total. The Morgan fingerprint density at radius 2 is 2.00 bits per heavy atom. The number of nitrogens with zero attached hydrogens (tertiary/aromatic N) is 1. The van der Waals surface area contributed by atoms with E-state index in [4.69, 9.17) is 5.26 Å². The summed E-state index contributed by atoms with van der Waals surface area (Å²) in [6.07, 6.45) is 4.79. The summed E-state index contributed by atoms with van der Waals surface area (Å²) in [6, 6.07) is 2.31. The molecule has 0 bridgehead atoms. The largest absolute Gasteiger partial charge is 0.198 e. The number of hydrogen-bond acceptors (Lipinski definition) is 1. The molecule has 1 nitrogen and oxygen atoms in total. The van der Waals surface area contributed by atoms with Gasteiger partial charge in [0.25, 0.3) is 0 Å². The lowest BCUT2D eigenvalue weighted by molar-refractivity contribution is 0.445. The quantitative estimate of drug-likeness (QED) is 0.535. The van der Waals surface area contributed by atoms with Gasteiger partial charge < -0.3 is 0 Å². The number of hydrogen-bond donors (Lipinski definition) is 0. The van der Waals surface area contributed by atoms with Gasteiger partial charge in [-0.2, -0.15) is 5.26 Å². The van der Waals surface area contributed by atoms with Crippen molar-refractivity contribution >= 4 is 15.9 Å². The fourth-order valence-electron chi connectivity index (χ4n) is 1.23. The van der Waals surface area contributed by atoms with Crippen LogP contribution in [0.5, 0.6) is 0 Å². The number of halogens is 1. The Morgan fingerprint density at radius 1 is 1.33 bits per heavy atom. The minimum absolute atomic E-state index is 0.277. The molecule has 0 aromatic heterocycles. The molecule has 0 radical (unpaired) electrons. The molecular formula is C7H10BrN. The highest BCUT2D eigenvalue weighted by atomic mass is 79.9. The van der Waals surface area contributed by atoms with Crippen LogP contribution in [-0.4, -0.2) is 4.83 Å². The average molecular weight is 188 g/mol. The first-order valence-corrected chi connectivity index (χ1v) is 4.30. The van der Waals surface area contributed by atoms with Crippen LogP contribution >= 0.6 is 15.9 Å². The molecule has 0 aliphatic heterocycles. The van der Waals surface area contributed by atoms with Crippen molar-refractivity contribution in [3.05, 3.63) is 0 Å². The Kier molecular flexibility index (Phi) is 2.53. The Bertz CT molecular complexity index is 127. The standard InChI is InChI=1S/C7H10BrN/c8-7-4-2-1-3-6(7)5-9/h6-7H,1-4H2/t6-,7+/m0/s1. The lowest BCUT2D eigenvalue weighted by atomic mass is 9.90. The summed E-state index contributed by atoms with van der Waals surface area (Å²) in [7, 11) is 0. The van der Waals surface area contributed by atoms with E-state index in [0.29, 0.717) is 4.83 Å². The van der Waals surface area contributed by atoms with Crippen molar-refractivity contribution in [3.63, 3.8) is 0 Å². The average Bonchev–Trinajstić information content (AvgIpc) is 1.89. The highest BCUT2D eigenvalue weighted by molar-refractivity contribution is 9.09. The van der Waals surface area contributed by atoms with Crippen LogP contribution in [0, 0.1) is 17.2 Å². The Balaban J connectivity index is 2.41. The van der Waals surface area contributed by atoms with Crippen LogP contribution < -0.4 is 0 Å². The molecular weight excluding hydrogens is 178 g/mol. The van der Waals surface area contributed by atoms with E-state index in [0.717, 1.165) is 6.42 Å². The third-order valence-corrected chi connectivity index (χ3v) is 2.94. The van der Waals surface area contributed by atoms with Crippen molar-refractivity contribution in [1.29, 1.82) is 5.26 Å². The number of rotatable bonds is 0. The Hall–Kier alpha value is -0.0300. The fraction of sp³-hybridized carbons (Fsp3) is 0.857. The van der Waals surface area contributed by atoms with Crippen molar-refractivity contribution in [2.24, 2.45) is 5.92 Å². The van der Waals surface area contributed by atoms with E-state index in [1.54, 1.807) is 0 Å². The van der Waals surface area contributed by atoms with E-state index in [1.807, 2.05) is 0 Å². The van der Waals surface area contributed by atoms with Crippen molar-refractivity contribution < 1.29 is 0 Å². The van der Waals surface area contributed by atoms with Crippen LogP contribution in [0.3, 0.4) is 0 Å². The molecule has 0 spiro atoms. The molecule has 0 heterocycles. The summed E-state index contributed by atoms with van der Waals surface area (Å²) in [4.78, 5) is 0.469. The summed E-state index contributed by atoms with van der Waals surface area (Å²) in [5, 5.41) is 8.58. The van der Waals surface area contributed by atoms with E-state index in [-0.39, 0.29) is 5.92 Å². The van der Waals surface area contributed by atoms with E-state index in [9.17, 15) is 0 Å². The Morgan fingerprint density at radius 3 is 2.44 bits per heavy atom. The van der Waals surface area contributed by atoms with Gasteiger partial charge in [-0.05, 0) is 12.8 Å². The predicted molar refractivity (Wildman–Crippen MR) is 40.3 cm³/mol. The zero-order valence-electron chi connectivity index (χ0n) is 5.31. The molecule has 0 unspecified atom stereocenters. The van der Waals surface area contributed by atoms with E-state index >= 15 is 0 Å². The zero-order valence-corrected chi connectivity index (χ0v) is 6.89. The van der Waals surface area contributed by atoms with E-state index < -0.39 is 0 Å². The van der Waals surface area contributed by atoms with E-state index in [1.165, 1.54) is 19.3 Å². The van der Waals surface area contributed by atoms with Crippen molar-refractivity contribution in [2.75, 3.05) is 0 Å². The van der Waals surface area contributed by atoms with Crippen LogP contribution in [-0.2, 0) is 0 Å². The predicted octanol–water partition coefficient (Wildman–Crippen LogP) is 2.46. The van der Waals surface area contributed by atoms with Crippen LogP contribution in [0.15, 0.2) is 0 Å². The van der Waals surface area contributed by atoms with Crippen LogP contribution in [0.2, 0.25) is 0 Å². The van der Waals surface area contributed by atoms with Crippen LogP contribution in [0.25, 0.3) is 0 Å². The van der Waals surface area contributed by atoms with Crippen molar-refractivity contribution in [2.45, 2.75) is 30.5 Å². The van der Waals surface area contributed by atoms with Gasteiger partial charge in [-0.25, -0.2) is 0 Å². The van der Waals surface area contributed by atoms with Gasteiger partial charge in [0.15, 0.2) is 0 Å². The second-order valence-corrected chi connectivity index (χ2v) is 3.71. The molecule has 0 aromatic rings. The first-order valence-electron chi connectivity index (χ1n) is 3.38. The molecule has 1 saturated carbocycles. The maximum absolute atomic E-state index is 8.58. The maximum Gasteiger partial charge on any atom is 0.0667 e. The van der Waals surface area contributed by atoms with Gasteiger partial charge in [0, 0.05) is 4.83 Å². The fourth-order valence-corrected chi connectivity index (χ4v) is 1.94. The lowest BCUT2D eigenvalue weighted by Crippen LogP contribution is -2.16. The molecule has 1 rings (SSSR count). The molecule has 0 saturated heterocycles. The van der Waals surface area contributed by atoms with Crippen LogP contribution in [0.4, 0.5) is 0 Å². The minimum atomic E-state index is 0.277. The first kappa shape index (κ1) is 7.08. The molecule has 2 heteroatoms. The SMILES string of the molecule is N#C[C@@H]1CCCC[C@H]1Br. The summed E-state index contributed by atoms with van der Waals surface area (Å²) >= 11 is 3.49. The smallest absolute Gasteiger partial charge is 0.0667 e. The Labute approximate surface area is 64.2 Å². The monoisotopic (exact) mass is 187 g/mol. The van der Waals surface area contributed by atoms with Crippen molar-refractivity contribution in [3.8, 4) is 6.07 Å². The summed E-state index contributed by atoms with van der Waals surface area (Å²) in [5.41, 5.74) is 0. The summed E-state index contributed by atoms with van der Waals surface area (Å²) < 4.78 is 0. The second kappa shape index (κ2) is 3.22. The van der Waals surface area contributed by atoms with Gasteiger partial charge >= 0.3 is 0 Å². The normalized spacial score (nSPS) is 35.6. The van der Waals surface area contributed by atoms with Gasteiger partial charge in [0.1, 0.15) is 0 Å². The highest BCUT2D eigenvalue weighted by Crippen LogP contribution is 2.28. The van der Waals surface area contributed by atoms with Gasteiger partial charge in [-0.15, -0.1) is 0 Å². The van der Waals surface area contributed by atoms with E-state index in [2.05, 4.69) is 22.0 Å². The van der Waals surface area contributed by atoms with Gasteiger partial charge in [-0.3, -0.25) is 0 Å². The second-order valence-electron chi connectivity index (χ2n) is 2.54. The van der Waals surface area contributed by atoms with Gasteiger partial charge in [0.2, 0.25) is 0 Å². The topological polar surface area (TPSA) is 23.8 Å². The molecule has 1 aliphatic carbocycles. The molecule has 1 aliphatic rings. The van der Waals surface area contributed by atoms with Gasteiger partial charge in [-0.1, -0.05) is 28.8 Å². The molecule has 1 fully saturated rings. The zero-order chi connectivity index (χ0) is 6.69. The summed E-state index contributed by atoms with van der Waals surface area (Å²) in [6.45, 7) is 0. The van der Waals surface area contributed by atoms with Crippen molar-refractivity contribution in [1.82, 2.24) is 0 Å². The lowest BCUT2D eigenvalue weighted by Gasteiger charge is -2.20. The minimum Gasteiger partial charge on any atom is -0.198 e. The molecule has 0 amide bonds. The third kappa shape index (κ3) is 1.69. The summed E-state index contributed by atoms with van der Waals surface area (Å²) in [5.74, 6) is 0.277. The highest BCUT2D eigenvalue weighted by Gasteiger charge is 2.21. The molecule has 0 aromatic carbocycles. The number of nitriles is 1. The van der Waals surface area contributed by atoms with Crippen LogP contribution in [0.1, 0.15) is 25.7 Å². The number of alkyl halides is 1. The third-order valence-electron chi connectivity index (χ3n) is 1.85. The molecule has 50 valence electrons. The maximum atomic E-state index is 8.58.